The van der Waals surface area contributed by atoms with Crippen molar-refractivity contribution >= 4 is 40.0 Å². The zero-order valence-electron chi connectivity index (χ0n) is 13.0. The second-order valence-corrected chi connectivity index (χ2v) is 6.09. The number of carbonyl (C=O) groups excluding carboxylic acids is 2. The third-order valence-electron chi connectivity index (χ3n) is 3.34. The Morgan fingerprint density at radius 3 is 2.48 bits per heavy atom. The molecule has 2 aromatic rings. The van der Waals surface area contributed by atoms with Crippen LogP contribution < -0.4 is 4.90 Å². The van der Waals surface area contributed by atoms with Gasteiger partial charge in [-0.25, -0.2) is 0 Å². The van der Waals surface area contributed by atoms with E-state index in [-0.39, 0.29) is 11.7 Å². The van der Waals surface area contributed by atoms with Crippen molar-refractivity contribution in [2.45, 2.75) is 13.3 Å². The highest BCUT2D eigenvalue weighted by atomic mass is 127. The van der Waals surface area contributed by atoms with E-state index >= 15 is 0 Å². The number of hydrogen-bond acceptors (Lipinski definition) is 2. The molecule has 0 radical (unpaired) electrons. The average molecular weight is 417 g/mol. The van der Waals surface area contributed by atoms with Gasteiger partial charge in [0.25, 0.3) is 0 Å². The normalized spacial score (nSPS) is 9.70. The maximum Gasteiger partial charge on any atom is 0.303 e. The van der Waals surface area contributed by atoms with E-state index in [1.54, 1.807) is 19.2 Å². The Labute approximate surface area is 149 Å². The minimum absolute atomic E-state index is 0.0545. The number of rotatable bonds is 3. The largest absolute Gasteiger partial charge is 0.304 e. The van der Waals surface area contributed by atoms with Crippen molar-refractivity contribution < 1.29 is 9.59 Å². The molecule has 1 amide bonds. The van der Waals surface area contributed by atoms with Gasteiger partial charge in [0.2, 0.25) is 0 Å². The molecule has 0 N–H and O–H groups in total. The first kappa shape index (κ1) is 17.2. The Kier molecular flexibility index (Phi) is 5.94. The summed E-state index contributed by atoms with van der Waals surface area (Å²) in [4.78, 5) is 25.6. The van der Waals surface area contributed by atoms with Crippen molar-refractivity contribution in [3.8, 4) is 11.8 Å². The van der Waals surface area contributed by atoms with E-state index in [9.17, 15) is 9.59 Å². The first-order chi connectivity index (χ1) is 11.0. The summed E-state index contributed by atoms with van der Waals surface area (Å²) < 4.78 is 0.896. The number of benzene rings is 2. The standard InChI is InChI=1S/C19H16INO2/c1-3-18(22)15-10-11-16(20)17(13-15)21(2)19(23)12-9-14-7-5-4-6-8-14/h4-8,10-11,13H,3H2,1-2H3. The maximum absolute atomic E-state index is 12.3. The monoisotopic (exact) mass is 417 g/mol. The van der Waals surface area contributed by atoms with Crippen LogP contribution in [0.2, 0.25) is 0 Å². The fraction of sp³-hybridized carbons (Fsp3) is 0.158. The first-order valence-corrected chi connectivity index (χ1v) is 8.28. The van der Waals surface area contributed by atoms with Gasteiger partial charge in [-0.15, -0.1) is 0 Å². The molecule has 4 heteroatoms. The highest BCUT2D eigenvalue weighted by molar-refractivity contribution is 14.1. The number of amides is 1. The Bertz CT molecular complexity index is 788. The molecule has 0 spiro atoms. The van der Waals surface area contributed by atoms with Crippen LogP contribution in [-0.4, -0.2) is 18.7 Å². The van der Waals surface area contributed by atoms with Crippen molar-refractivity contribution in [1.82, 2.24) is 0 Å². The zero-order valence-corrected chi connectivity index (χ0v) is 15.1. The van der Waals surface area contributed by atoms with Crippen LogP contribution in [0.25, 0.3) is 0 Å². The fourth-order valence-corrected chi connectivity index (χ4v) is 2.68. The smallest absolute Gasteiger partial charge is 0.303 e. The predicted octanol–water partition coefficient (Wildman–Crippen LogP) is 3.90. The van der Waals surface area contributed by atoms with Crippen LogP contribution in [0.15, 0.2) is 48.5 Å². The number of Topliss-reactive ketones (excluding diaryl/α,β-unsaturated/α-hetero) is 1. The molecule has 3 nitrogen and oxygen atoms in total. The van der Waals surface area contributed by atoms with Crippen LogP contribution in [0.5, 0.6) is 0 Å². The summed E-state index contributed by atoms with van der Waals surface area (Å²) in [6, 6.07) is 14.7. The lowest BCUT2D eigenvalue weighted by atomic mass is 10.1. The number of carbonyl (C=O) groups is 2. The fourth-order valence-electron chi connectivity index (χ4n) is 1.99. The van der Waals surface area contributed by atoms with Crippen LogP contribution in [0, 0.1) is 15.4 Å². The summed E-state index contributed by atoms with van der Waals surface area (Å²) >= 11 is 2.15. The predicted molar refractivity (Wildman–Crippen MR) is 101 cm³/mol. The van der Waals surface area contributed by atoms with Crippen LogP contribution in [0.3, 0.4) is 0 Å². The van der Waals surface area contributed by atoms with Crippen molar-refractivity contribution in [3.63, 3.8) is 0 Å². The summed E-state index contributed by atoms with van der Waals surface area (Å²) in [5, 5.41) is 0. The van der Waals surface area contributed by atoms with E-state index in [0.29, 0.717) is 17.7 Å². The van der Waals surface area contributed by atoms with Gasteiger partial charge in [-0.05, 0) is 46.9 Å². The molecule has 0 saturated heterocycles. The molecule has 0 atom stereocenters. The van der Waals surface area contributed by atoms with Crippen LogP contribution in [0.4, 0.5) is 5.69 Å². The number of hydrogen-bond donors (Lipinski definition) is 0. The number of nitrogens with zero attached hydrogens (tertiary/aromatic N) is 1. The second-order valence-electron chi connectivity index (χ2n) is 4.92. The van der Waals surface area contributed by atoms with E-state index in [4.69, 9.17) is 0 Å². The van der Waals surface area contributed by atoms with Gasteiger partial charge < -0.3 is 4.90 Å². The molecule has 0 aromatic heterocycles. The van der Waals surface area contributed by atoms with Gasteiger partial charge in [-0.3, -0.25) is 9.59 Å². The van der Waals surface area contributed by atoms with Crippen molar-refractivity contribution in [1.29, 1.82) is 0 Å². The lowest BCUT2D eigenvalue weighted by Crippen LogP contribution is -2.25. The molecule has 0 aliphatic heterocycles. The summed E-state index contributed by atoms with van der Waals surface area (Å²) in [5.41, 5.74) is 2.09. The van der Waals surface area contributed by atoms with Gasteiger partial charge in [-0.2, -0.15) is 0 Å². The molecule has 23 heavy (non-hydrogen) atoms. The first-order valence-electron chi connectivity index (χ1n) is 7.20. The summed E-state index contributed by atoms with van der Waals surface area (Å²) in [6.45, 7) is 1.82. The van der Waals surface area contributed by atoms with Crippen LogP contribution >= 0.6 is 22.6 Å². The second kappa shape index (κ2) is 7.93. The SMILES string of the molecule is CCC(=O)c1ccc(I)c(N(C)C(=O)C#Cc2ccccc2)c1. The van der Waals surface area contributed by atoms with Gasteiger partial charge in [-0.1, -0.05) is 37.1 Å². The van der Waals surface area contributed by atoms with Gasteiger partial charge >= 0.3 is 5.91 Å². The highest BCUT2D eigenvalue weighted by Gasteiger charge is 2.14. The molecule has 0 fully saturated rings. The quantitative estimate of drug-likeness (QED) is 0.432. The molecule has 2 aromatic carbocycles. The Balaban J connectivity index is 2.26. The topological polar surface area (TPSA) is 37.4 Å². The van der Waals surface area contributed by atoms with E-state index in [0.717, 1.165) is 9.13 Å². The molecule has 116 valence electrons. The van der Waals surface area contributed by atoms with E-state index in [1.807, 2.05) is 43.3 Å². The highest BCUT2D eigenvalue weighted by Crippen LogP contribution is 2.24. The summed E-state index contributed by atoms with van der Waals surface area (Å²) in [5.74, 6) is 5.23. The zero-order chi connectivity index (χ0) is 16.8. The van der Waals surface area contributed by atoms with E-state index in [2.05, 4.69) is 34.4 Å². The van der Waals surface area contributed by atoms with Gasteiger partial charge in [0.1, 0.15) is 0 Å². The van der Waals surface area contributed by atoms with Gasteiger partial charge in [0, 0.05) is 34.1 Å². The maximum atomic E-state index is 12.3. The van der Waals surface area contributed by atoms with Crippen molar-refractivity contribution in [2.75, 3.05) is 11.9 Å². The third-order valence-corrected chi connectivity index (χ3v) is 4.25. The molecular weight excluding hydrogens is 401 g/mol. The third kappa shape index (κ3) is 4.42. The molecule has 0 bridgehead atoms. The number of ketones is 1. The van der Waals surface area contributed by atoms with Crippen LogP contribution in [-0.2, 0) is 4.79 Å². The lowest BCUT2D eigenvalue weighted by Gasteiger charge is -2.17. The lowest BCUT2D eigenvalue weighted by molar-refractivity contribution is -0.113. The number of halogens is 1. The molecule has 0 heterocycles. The van der Waals surface area contributed by atoms with Crippen molar-refractivity contribution in [3.05, 3.63) is 63.2 Å². The minimum Gasteiger partial charge on any atom is -0.304 e. The van der Waals surface area contributed by atoms with E-state index in [1.165, 1.54) is 4.90 Å². The molecular formula is C19H16INO2. The Morgan fingerprint density at radius 1 is 1.13 bits per heavy atom. The van der Waals surface area contributed by atoms with Crippen molar-refractivity contribution in [2.24, 2.45) is 0 Å². The van der Waals surface area contributed by atoms with Crippen LogP contribution in [0.1, 0.15) is 29.3 Å². The summed E-state index contributed by atoms with van der Waals surface area (Å²) in [6.07, 6.45) is 0.436. The minimum atomic E-state index is -0.312. The molecule has 2 rings (SSSR count). The van der Waals surface area contributed by atoms with E-state index < -0.39 is 0 Å². The average Bonchev–Trinajstić information content (AvgIpc) is 2.59. The Morgan fingerprint density at radius 2 is 1.83 bits per heavy atom. The molecule has 0 aliphatic rings. The van der Waals surface area contributed by atoms with Gasteiger partial charge in [0.15, 0.2) is 5.78 Å². The molecule has 0 unspecified atom stereocenters. The number of anilines is 1. The molecule has 0 saturated carbocycles. The summed E-state index contributed by atoms with van der Waals surface area (Å²) in [7, 11) is 1.67. The molecule has 0 aliphatic carbocycles. The van der Waals surface area contributed by atoms with Gasteiger partial charge in [0.05, 0.1) is 5.69 Å². The Hall–Kier alpha value is -2.13.